The predicted octanol–water partition coefficient (Wildman–Crippen LogP) is 5.30. The van der Waals surface area contributed by atoms with Crippen molar-refractivity contribution in [2.24, 2.45) is 5.41 Å². The average Bonchev–Trinajstić information content (AvgIpc) is 3.28. The van der Waals surface area contributed by atoms with Crippen LogP contribution in [-0.2, 0) is 5.60 Å². The van der Waals surface area contributed by atoms with Crippen molar-refractivity contribution < 1.29 is 14.4 Å². The molecule has 7 nitrogen and oxygen atoms in total. The van der Waals surface area contributed by atoms with Crippen molar-refractivity contribution in [2.75, 3.05) is 6.61 Å². The van der Waals surface area contributed by atoms with Gasteiger partial charge in [0.25, 0.3) is 6.01 Å². The molecule has 2 N–H and O–H groups in total. The number of benzene rings is 1. The molecule has 1 aromatic carbocycles. The molecule has 1 unspecified atom stereocenters. The van der Waals surface area contributed by atoms with Crippen LogP contribution in [0, 0.1) is 19.3 Å². The Morgan fingerprint density at radius 3 is 2.53 bits per heavy atom. The van der Waals surface area contributed by atoms with E-state index in [0.29, 0.717) is 35.8 Å². The van der Waals surface area contributed by atoms with Gasteiger partial charge in [0.15, 0.2) is 0 Å². The maximum absolute atomic E-state index is 12.3. The minimum Gasteiger partial charge on any atom is -0.465 e. The molecule has 0 aliphatic heterocycles. The van der Waals surface area contributed by atoms with E-state index in [1.54, 1.807) is 6.20 Å². The fourth-order valence-electron chi connectivity index (χ4n) is 4.35. The molecule has 7 heteroatoms. The number of hydrogen-bond donors (Lipinski definition) is 2. The summed E-state index contributed by atoms with van der Waals surface area (Å²) in [5.41, 5.74) is 3.69. The lowest BCUT2D eigenvalue weighted by molar-refractivity contribution is 0.0334. The van der Waals surface area contributed by atoms with E-state index < -0.39 is 5.60 Å². The van der Waals surface area contributed by atoms with Crippen LogP contribution in [0.15, 0.2) is 41.1 Å². The molecular formula is C25H30N4O3. The Bertz CT molecular complexity index is 1220. The van der Waals surface area contributed by atoms with Gasteiger partial charge in [0.2, 0.25) is 0 Å². The van der Waals surface area contributed by atoms with E-state index in [4.69, 9.17) is 9.26 Å². The maximum atomic E-state index is 12.3. The molecule has 0 saturated carbocycles. The molecule has 3 aromatic heterocycles. The van der Waals surface area contributed by atoms with E-state index in [1.807, 2.05) is 51.1 Å². The standard InChI is InChI=1S/C25H30N4O3/c1-7-31-23-27-19-13-17(21-15(2)29-32-16(21)3)12-18(22(19)28-23)25(30,14-24(4,5)6)20-10-8-9-11-26-20/h8-13,30H,7,14H2,1-6H3,(H,27,28). The molecule has 0 amide bonds. The zero-order chi connectivity index (χ0) is 23.1. The van der Waals surface area contributed by atoms with Gasteiger partial charge >= 0.3 is 0 Å². The van der Waals surface area contributed by atoms with E-state index in [2.05, 4.69) is 40.9 Å². The number of aryl methyl sites for hydroxylation is 2. The molecule has 0 spiro atoms. The van der Waals surface area contributed by atoms with Crippen LogP contribution in [0.25, 0.3) is 22.2 Å². The first kappa shape index (κ1) is 22.0. The van der Waals surface area contributed by atoms with Crippen LogP contribution in [0.2, 0.25) is 0 Å². The summed E-state index contributed by atoms with van der Waals surface area (Å²) < 4.78 is 11.1. The molecule has 3 heterocycles. The van der Waals surface area contributed by atoms with Crippen LogP contribution in [0.3, 0.4) is 0 Å². The SMILES string of the molecule is CCOc1nc2c(C(O)(CC(C)(C)C)c3ccccn3)cc(-c3c(C)noc3C)cc2[nH]1. The first-order valence-corrected chi connectivity index (χ1v) is 10.9. The number of fused-ring (bicyclic) bond motifs is 1. The lowest BCUT2D eigenvalue weighted by atomic mass is 9.75. The largest absolute Gasteiger partial charge is 0.465 e. The fourth-order valence-corrected chi connectivity index (χ4v) is 4.35. The van der Waals surface area contributed by atoms with Gasteiger partial charge in [0.1, 0.15) is 11.4 Å². The van der Waals surface area contributed by atoms with Crippen LogP contribution in [-0.4, -0.2) is 31.8 Å². The van der Waals surface area contributed by atoms with Crippen LogP contribution in [0.4, 0.5) is 0 Å². The summed E-state index contributed by atoms with van der Waals surface area (Å²) in [5.74, 6) is 0.717. The Hall–Kier alpha value is -3.19. The van der Waals surface area contributed by atoms with Gasteiger partial charge < -0.3 is 19.4 Å². The normalized spacial score (nSPS) is 14.0. The van der Waals surface area contributed by atoms with Crippen LogP contribution in [0.1, 0.15) is 56.8 Å². The smallest absolute Gasteiger partial charge is 0.294 e. The third-order valence-electron chi connectivity index (χ3n) is 5.49. The van der Waals surface area contributed by atoms with E-state index in [-0.39, 0.29) is 5.41 Å². The highest BCUT2D eigenvalue weighted by Gasteiger charge is 2.40. The quantitative estimate of drug-likeness (QED) is 0.427. The van der Waals surface area contributed by atoms with E-state index in [1.165, 1.54) is 0 Å². The summed E-state index contributed by atoms with van der Waals surface area (Å²) in [5, 5.41) is 16.4. The van der Waals surface area contributed by atoms with Crippen molar-refractivity contribution in [2.45, 2.75) is 53.6 Å². The second kappa shape index (κ2) is 8.06. The number of pyridine rings is 1. The van der Waals surface area contributed by atoms with Gasteiger partial charge in [-0.2, -0.15) is 4.98 Å². The number of nitrogens with zero attached hydrogens (tertiary/aromatic N) is 3. The summed E-state index contributed by atoms with van der Waals surface area (Å²) in [4.78, 5) is 12.5. The minimum atomic E-state index is -1.37. The van der Waals surface area contributed by atoms with Gasteiger partial charge in [0, 0.05) is 17.3 Å². The number of hydrogen-bond acceptors (Lipinski definition) is 6. The fraction of sp³-hybridized carbons (Fsp3) is 0.400. The Kier molecular flexibility index (Phi) is 5.54. The van der Waals surface area contributed by atoms with Crippen LogP contribution in [0.5, 0.6) is 6.01 Å². The van der Waals surface area contributed by atoms with Crippen molar-refractivity contribution in [3.8, 4) is 17.1 Å². The van der Waals surface area contributed by atoms with Gasteiger partial charge in [-0.25, -0.2) is 0 Å². The lowest BCUT2D eigenvalue weighted by Gasteiger charge is -2.34. The molecule has 0 aliphatic rings. The second-order valence-corrected chi connectivity index (χ2v) is 9.41. The molecule has 4 rings (SSSR count). The Morgan fingerprint density at radius 2 is 1.94 bits per heavy atom. The van der Waals surface area contributed by atoms with Crippen molar-refractivity contribution >= 4 is 11.0 Å². The summed E-state index contributed by atoms with van der Waals surface area (Å²) >= 11 is 0. The van der Waals surface area contributed by atoms with E-state index >= 15 is 0 Å². The molecule has 0 fully saturated rings. The number of rotatable bonds is 6. The number of aliphatic hydroxyl groups is 1. The Morgan fingerprint density at radius 1 is 1.16 bits per heavy atom. The van der Waals surface area contributed by atoms with Crippen molar-refractivity contribution in [3.63, 3.8) is 0 Å². The molecule has 0 radical (unpaired) electrons. The molecule has 0 bridgehead atoms. The summed E-state index contributed by atoms with van der Waals surface area (Å²) in [6.45, 7) is 12.5. The van der Waals surface area contributed by atoms with Crippen molar-refractivity contribution in [3.05, 3.63) is 59.2 Å². The van der Waals surface area contributed by atoms with E-state index in [9.17, 15) is 5.11 Å². The molecule has 168 valence electrons. The van der Waals surface area contributed by atoms with Crippen LogP contribution >= 0.6 is 0 Å². The number of H-pyrrole nitrogens is 1. The molecule has 1 atom stereocenters. The lowest BCUT2D eigenvalue weighted by Crippen LogP contribution is -2.33. The molecule has 32 heavy (non-hydrogen) atoms. The number of imidazole rings is 1. The van der Waals surface area contributed by atoms with E-state index in [0.717, 1.165) is 28.1 Å². The molecule has 0 aliphatic carbocycles. The van der Waals surface area contributed by atoms with Gasteiger partial charge in [-0.15, -0.1) is 0 Å². The Labute approximate surface area is 187 Å². The van der Waals surface area contributed by atoms with Crippen LogP contribution < -0.4 is 4.74 Å². The number of aromatic nitrogens is 4. The third-order valence-corrected chi connectivity index (χ3v) is 5.49. The number of nitrogens with one attached hydrogen (secondary N) is 1. The van der Waals surface area contributed by atoms with Crippen molar-refractivity contribution in [1.82, 2.24) is 20.1 Å². The average molecular weight is 435 g/mol. The first-order chi connectivity index (χ1) is 15.1. The molecular weight excluding hydrogens is 404 g/mol. The van der Waals surface area contributed by atoms with Gasteiger partial charge in [-0.3, -0.25) is 4.98 Å². The number of aromatic amines is 1. The summed E-state index contributed by atoms with van der Waals surface area (Å²) in [6.07, 6.45) is 2.16. The molecule has 0 saturated heterocycles. The minimum absolute atomic E-state index is 0.184. The topological polar surface area (TPSA) is 97.1 Å². The van der Waals surface area contributed by atoms with Crippen molar-refractivity contribution in [1.29, 1.82) is 0 Å². The Balaban J connectivity index is 2.05. The second-order valence-electron chi connectivity index (χ2n) is 9.41. The van der Waals surface area contributed by atoms with Gasteiger partial charge in [-0.1, -0.05) is 32.0 Å². The van der Waals surface area contributed by atoms with Gasteiger partial charge in [-0.05, 0) is 62.4 Å². The monoisotopic (exact) mass is 434 g/mol. The highest BCUT2D eigenvalue weighted by Crippen LogP contribution is 2.44. The summed E-state index contributed by atoms with van der Waals surface area (Å²) in [6, 6.07) is 9.98. The highest BCUT2D eigenvalue weighted by molar-refractivity contribution is 5.87. The maximum Gasteiger partial charge on any atom is 0.294 e. The molecule has 4 aromatic rings. The first-order valence-electron chi connectivity index (χ1n) is 10.9. The zero-order valence-corrected chi connectivity index (χ0v) is 19.5. The van der Waals surface area contributed by atoms with Gasteiger partial charge in [0.05, 0.1) is 29.0 Å². The number of ether oxygens (including phenoxy) is 1. The zero-order valence-electron chi connectivity index (χ0n) is 19.5. The highest BCUT2D eigenvalue weighted by atomic mass is 16.5. The third kappa shape index (κ3) is 4.00. The predicted molar refractivity (Wildman–Crippen MR) is 124 cm³/mol. The summed E-state index contributed by atoms with van der Waals surface area (Å²) in [7, 11) is 0.